The van der Waals surface area contributed by atoms with Crippen LogP contribution in [-0.4, -0.2) is 21.5 Å². The quantitative estimate of drug-likeness (QED) is 0.410. The Bertz CT molecular complexity index is 1070. The smallest absolute Gasteiger partial charge is 0.260 e. The van der Waals surface area contributed by atoms with Gasteiger partial charge in [0.1, 0.15) is 4.83 Å². The van der Waals surface area contributed by atoms with E-state index in [4.69, 9.17) is 0 Å². The maximum Gasteiger partial charge on any atom is 0.260 e. The monoisotopic (exact) mass is 384 g/mol. The second-order valence-electron chi connectivity index (χ2n) is 6.77. The minimum Gasteiger partial charge on any atom is -0.301 e. The van der Waals surface area contributed by atoms with E-state index in [1.54, 1.807) is 11.3 Å². The number of hydrogen-bond donors (Lipinski definition) is 1. The van der Waals surface area contributed by atoms with E-state index >= 15 is 0 Å². The average Bonchev–Trinajstić information content (AvgIpc) is 3.00. The molecule has 4 rings (SSSR count). The maximum absolute atomic E-state index is 12.5. The lowest BCUT2D eigenvalue weighted by atomic mass is 9.97. The Labute approximate surface area is 160 Å². The Morgan fingerprint density at radius 3 is 2.85 bits per heavy atom. The molecule has 1 N–H and O–H groups in total. The minimum atomic E-state index is -0.0736. The van der Waals surface area contributed by atoms with Crippen LogP contribution in [0.3, 0.4) is 0 Å². The van der Waals surface area contributed by atoms with Crippen LogP contribution in [0.25, 0.3) is 10.2 Å². The van der Waals surface area contributed by atoms with Crippen molar-refractivity contribution < 1.29 is 4.79 Å². The summed E-state index contributed by atoms with van der Waals surface area (Å²) >= 11 is 2.93. The Morgan fingerprint density at radius 1 is 1.23 bits per heavy atom. The number of aromatic amines is 1. The summed E-state index contributed by atoms with van der Waals surface area (Å²) in [6, 6.07) is 5.75. The van der Waals surface area contributed by atoms with Crippen LogP contribution < -0.4 is 5.56 Å². The van der Waals surface area contributed by atoms with Gasteiger partial charge in [0.25, 0.3) is 5.56 Å². The molecule has 2 heterocycles. The summed E-state index contributed by atoms with van der Waals surface area (Å²) in [6.07, 6.45) is 4.34. The lowest BCUT2D eigenvalue weighted by Crippen LogP contribution is -2.12. The highest BCUT2D eigenvalue weighted by Gasteiger charge is 2.20. The molecule has 3 aromatic rings. The van der Waals surface area contributed by atoms with E-state index in [-0.39, 0.29) is 17.1 Å². The van der Waals surface area contributed by atoms with Gasteiger partial charge in [-0.25, -0.2) is 4.98 Å². The van der Waals surface area contributed by atoms with E-state index in [1.807, 2.05) is 32.0 Å². The van der Waals surface area contributed by atoms with E-state index < -0.39 is 0 Å². The number of carbonyl (C=O) groups excluding carboxylic acids is 1. The Kier molecular flexibility index (Phi) is 4.71. The number of hydrogen-bond acceptors (Lipinski definition) is 5. The molecule has 6 heteroatoms. The standard InChI is InChI=1S/C20H20N2O2S2/c1-11-7-8-13(9-12(11)2)15(23)10-25-20-21-18(24)17-14-5-3-4-6-16(14)26-19(17)22-20/h7-9H,3-6,10H2,1-2H3,(H,21,22,24). The van der Waals surface area contributed by atoms with E-state index in [2.05, 4.69) is 9.97 Å². The van der Waals surface area contributed by atoms with Gasteiger partial charge in [0, 0.05) is 10.4 Å². The van der Waals surface area contributed by atoms with Gasteiger partial charge in [0.15, 0.2) is 10.9 Å². The van der Waals surface area contributed by atoms with Crippen LogP contribution in [0, 0.1) is 13.8 Å². The Balaban J connectivity index is 1.56. The van der Waals surface area contributed by atoms with Crippen LogP contribution in [0.2, 0.25) is 0 Å². The number of H-pyrrole nitrogens is 1. The molecule has 0 amide bonds. The number of thiophene rings is 1. The third kappa shape index (κ3) is 3.23. The number of aryl methyl sites for hydroxylation is 4. The molecule has 26 heavy (non-hydrogen) atoms. The number of nitrogens with zero attached hydrogens (tertiary/aromatic N) is 1. The van der Waals surface area contributed by atoms with Gasteiger partial charge in [-0.2, -0.15) is 0 Å². The van der Waals surface area contributed by atoms with Gasteiger partial charge < -0.3 is 4.98 Å². The van der Waals surface area contributed by atoms with Gasteiger partial charge >= 0.3 is 0 Å². The van der Waals surface area contributed by atoms with Gasteiger partial charge in [-0.15, -0.1) is 11.3 Å². The summed E-state index contributed by atoms with van der Waals surface area (Å²) < 4.78 is 0. The fraction of sp³-hybridized carbons (Fsp3) is 0.350. The van der Waals surface area contributed by atoms with Crippen LogP contribution in [0.5, 0.6) is 0 Å². The third-order valence-corrected chi connectivity index (χ3v) is 7.03. The zero-order chi connectivity index (χ0) is 18.3. The minimum absolute atomic E-state index is 0.0475. The molecule has 1 aliphatic rings. The molecule has 2 aromatic heterocycles. The van der Waals surface area contributed by atoms with Crippen LogP contribution in [0.4, 0.5) is 0 Å². The molecule has 4 nitrogen and oxygen atoms in total. The summed E-state index contributed by atoms with van der Waals surface area (Å²) in [4.78, 5) is 34.6. The van der Waals surface area contributed by atoms with Gasteiger partial charge in [-0.3, -0.25) is 9.59 Å². The predicted octanol–water partition coefficient (Wildman–Crippen LogP) is 4.46. The first-order valence-electron chi connectivity index (χ1n) is 8.81. The van der Waals surface area contributed by atoms with Gasteiger partial charge in [-0.1, -0.05) is 23.9 Å². The summed E-state index contributed by atoms with van der Waals surface area (Å²) in [5.41, 5.74) is 4.10. The fourth-order valence-corrected chi connectivity index (χ4v) is 5.42. The molecule has 0 unspecified atom stereocenters. The predicted molar refractivity (Wildman–Crippen MR) is 108 cm³/mol. The number of benzene rings is 1. The van der Waals surface area contributed by atoms with Gasteiger partial charge in [-0.05, 0) is 62.3 Å². The van der Waals surface area contributed by atoms with Gasteiger partial charge in [0.2, 0.25) is 0 Å². The zero-order valence-electron chi connectivity index (χ0n) is 14.8. The molecular formula is C20H20N2O2S2. The third-order valence-electron chi connectivity index (χ3n) is 4.97. The molecule has 1 aliphatic carbocycles. The lowest BCUT2D eigenvalue weighted by molar-refractivity contribution is 0.102. The largest absolute Gasteiger partial charge is 0.301 e. The van der Waals surface area contributed by atoms with Crippen LogP contribution in [0.15, 0.2) is 28.2 Å². The molecule has 1 aromatic carbocycles. The number of rotatable bonds is 4. The van der Waals surface area contributed by atoms with E-state index in [1.165, 1.54) is 34.2 Å². The molecule has 0 fully saturated rings. The van der Waals surface area contributed by atoms with E-state index in [0.717, 1.165) is 35.0 Å². The molecule has 0 saturated carbocycles. The van der Waals surface area contributed by atoms with Crippen LogP contribution in [-0.2, 0) is 12.8 Å². The van der Waals surface area contributed by atoms with Crippen LogP contribution in [0.1, 0.15) is 44.8 Å². The second-order valence-corrected chi connectivity index (χ2v) is 8.82. The van der Waals surface area contributed by atoms with Crippen molar-refractivity contribution in [3.63, 3.8) is 0 Å². The topological polar surface area (TPSA) is 62.8 Å². The molecule has 0 atom stereocenters. The SMILES string of the molecule is Cc1ccc(C(=O)CSc2nc3sc4c(c3c(=O)[nH]2)CCCC4)cc1C. The Hall–Kier alpha value is -1.92. The van der Waals surface area contributed by atoms with Crippen molar-refractivity contribution in [3.8, 4) is 0 Å². The molecule has 134 valence electrons. The summed E-state index contributed by atoms with van der Waals surface area (Å²) in [5.74, 6) is 0.313. The van der Waals surface area contributed by atoms with Crippen molar-refractivity contribution in [3.05, 3.63) is 55.7 Å². The molecular weight excluding hydrogens is 364 g/mol. The summed E-state index contributed by atoms with van der Waals surface area (Å²) in [5, 5.41) is 1.29. The Morgan fingerprint density at radius 2 is 2.04 bits per heavy atom. The number of fused-ring (bicyclic) bond motifs is 3. The number of thioether (sulfide) groups is 1. The van der Waals surface area contributed by atoms with Crippen molar-refractivity contribution in [1.82, 2.24) is 9.97 Å². The molecule has 0 bridgehead atoms. The van der Waals surface area contributed by atoms with Crippen molar-refractivity contribution in [2.45, 2.75) is 44.7 Å². The van der Waals surface area contributed by atoms with Crippen molar-refractivity contribution in [2.24, 2.45) is 0 Å². The van der Waals surface area contributed by atoms with Crippen LogP contribution >= 0.6 is 23.1 Å². The number of carbonyl (C=O) groups is 1. The number of ketones is 1. The van der Waals surface area contributed by atoms with Gasteiger partial charge in [0.05, 0.1) is 11.1 Å². The second kappa shape index (κ2) is 7.00. The number of aromatic nitrogens is 2. The van der Waals surface area contributed by atoms with Crippen molar-refractivity contribution in [1.29, 1.82) is 0 Å². The first kappa shape index (κ1) is 17.5. The lowest BCUT2D eigenvalue weighted by Gasteiger charge is -2.09. The number of Topliss-reactive ketones (excluding diaryl/α,β-unsaturated/α-hetero) is 1. The first-order chi connectivity index (χ1) is 12.5. The normalized spacial score (nSPS) is 13.8. The average molecular weight is 385 g/mol. The maximum atomic E-state index is 12.5. The van der Waals surface area contributed by atoms with Crippen molar-refractivity contribution >= 4 is 39.1 Å². The highest BCUT2D eigenvalue weighted by Crippen LogP contribution is 2.34. The zero-order valence-corrected chi connectivity index (χ0v) is 16.5. The van der Waals surface area contributed by atoms with Crippen molar-refractivity contribution in [2.75, 3.05) is 5.75 Å². The number of nitrogens with one attached hydrogen (secondary N) is 1. The molecule has 0 saturated heterocycles. The highest BCUT2D eigenvalue weighted by atomic mass is 32.2. The summed E-state index contributed by atoms with van der Waals surface area (Å²) in [7, 11) is 0. The molecule has 0 aliphatic heterocycles. The highest BCUT2D eigenvalue weighted by molar-refractivity contribution is 7.99. The first-order valence-corrected chi connectivity index (χ1v) is 10.6. The summed E-state index contributed by atoms with van der Waals surface area (Å²) in [6.45, 7) is 4.04. The molecule has 0 spiro atoms. The molecule has 0 radical (unpaired) electrons. The van der Waals surface area contributed by atoms with E-state index in [0.29, 0.717) is 10.7 Å². The van der Waals surface area contributed by atoms with E-state index in [9.17, 15) is 9.59 Å². The fourth-order valence-electron chi connectivity index (χ4n) is 3.34.